The van der Waals surface area contributed by atoms with E-state index < -0.39 is 5.97 Å². The third-order valence-electron chi connectivity index (χ3n) is 4.80. The lowest BCUT2D eigenvalue weighted by molar-refractivity contribution is -0.143. The number of aryl methyl sites for hydroxylation is 2. The normalized spacial score (nSPS) is 20.1. The van der Waals surface area contributed by atoms with Crippen LogP contribution in [0.3, 0.4) is 0 Å². The van der Waals surface area contributed by atoms with Crippen LogP contribution in [0.5, 0.6) is 0 Å². The number of aliphatic carboxylic acids is 1. The molecule has 1 N–H and O–H groups in total. The van der Waals surface area contributed by atoms with E-state index in [0.717, 1.165) is 25.9 Å². The topological polar surface area (TPSA) is 40.5 Å². The summed E-state index contributed by atoms with van der Waals surface area (Å²) in [5.74, 6) is -0.857. The van der Waals surface area contributed by atoms with Gasteiger partial charge in [-0.2, -0.15) is 0 Å². The summed E-state index contributed by atoms with van der Waals surface area (Å²) in [6.07, 6.45) is 1.79. The summed E-state index contributed by atoms with van der Waals surface area (Å²) >= 11 is 0. The van der Waals surface area contributed by atoms with Gasteiger partial charge in [-0.3, -0.25) is 9.69 Å². The van der Waals surface area contributed by atoms with Gasteiger partial charge in [-0.05, 0) is 60.9 Å². The molecule has 0 radical (unpaired) electrons. The van der Waals surface area contributed by atoms with Crippen LogP contribution < -0.4 is 0 Å². The van der Waals surface area contributed by atoms with E-state index in [4.69, 9.17) is 0 Å². The van der Waals surface area contributed by atoms with Crippen LogP contribution in [0.2, 0.25) is 0 Å². The highest BCUT2D eigenvalue weighted by molar-refractivity contribution is 5.70. The summed E-state index contributed by atoms with van der Waals surface area (Å²) in [5, 5.41) is 9.23. The second-order valence-corrected chi connectivity index (χ2v) is 7.75. The zero-order chi connectivity index (χ0) is 16.5. The van der Waals surface area contributed by atoms with Gasteiger partial charge in [0.05, 0.1) is 5.92 Å². The molecule has 1 atom stereocenters. The minimum absolute atomic E-state index is 0.160. The second-order valence-electron chi connectivity index (χ2n) is 7.75. The first-order valence-electron chi connectivity index (χ1n) is 8.24. The maximum Gasteiger partial charge on any atom is 0.307 e. The minimum Gasteiger partial charge on any atom is -0.481 e. The van der Waals surface area contributed by atoms with Crippen molar-refractivity contribution in [2.75, 3.05) is 13.1 Å². The lowest BCUT2D eigenvalue weighted by atomic mass is 9.83. The van der Waals surface area contributed by atoms with Crippen LogP contribution in [0.1, 0.15) is 55.9 Å². The predicted octanol–water partition coefficient (Wildman–Crippen LogP) is 3.90. The van der Waals surface area contributed by atoms with Crippen LogP contribution >= 0.6 is 0 Å². The fourth-order valence-corrected chi connectivity index (χ4v) is 3.30. The van der Waals surface area contributed by atoms with Gasteiger partial charge in [0.1, 0.15) is 0 Å². The Labute approximate surface area is 134 Å². The van der Waals surface area contributed by atoms with Gasteiger partial charge in [0.25, 0.3) is 0 Å². The Bertz CT molecular complexity index is 534. The van der Waals surface area contributed by atoms with Gasteiger partial charge in [-0.1, -0.05) is 32.9 Å². The Hall–Kier alpha value is -1.35. The molecule has 3 nitrogen and oxygen atoms in total. The van der Waals surface area contributed by atoms with E-state index in [1.807, 2.05) is 0 Å². The van der Waals surface area contributed by atoms with Gasteiger partial charge in [0, 0.05) is 13.1 Å². The van der Waals surface area contributed by atoms with Crippen LogP contribution in [0, 0.1) is 19.8 Å². The van der Waals surface area contributed by atoms with Crippen LogP contribution in [0.25, 0.3) is 0 Å². The summed E-state index contributed by atoms with van der Waals surface area (Å²) in [5.41, 5.74) is 5.53. The Balaban J connectivity index is 2.18. The van der Waals surface area contributed by atoms with Crippen molar-refractivity contribution in [2.24, 2.45) is 5.92 Å². The largest absolute Gasteiger partial charge is 0.481 e. The van der Waals surface area contributed by atoms with E-state index in [-0.39, 0.29) is 11.3 Å². The van der Waals surface area contributed by atoms with E-state index in [9.17, 15) is 9.90 Å². The van der Waals surface area contributed by atoms with Gasteiger partial charge in [-0.25, -0.2) is 0 Å². The van der Waals surface area contributed by atoms with Crippen molar-refractivity contribution in [1.82, 2.24) is 4.90 Å². The molecule has 1 aromatic carbocycles. The van der Waals surface area contributed by atoms with Crippen molar-refractivity contribution >= 4 is 5.97 Å². The van der Waals surface area contributed by atoms with Crippen molar-refractivity contribution in [3.8, 4) is 0 Å². The molecule has 1 aromatic rings. The summed E-state index contributed by atoms with van der Waals surface area (Å²) in [4.78, 5) is 13.5. The molecule has 0 spiro atoms. The van der Waals surface area contributed by atoms with Crippen LogP contribution in [0.4, 0.5) is 0 Å². The van der Waals surface area contributed by atoms with Crippen LogP contribution in [0.15, 0.2) is 12.1 Å². The standard InChI is InChI=1S/C19H29NO2/c1-13-9-16(19(3,4)5)10-14(2)17(13)12-20-8-6-7-15(11-20)18(21)22/h9-10,15H,6-8,11-12H2,1-5H3,(H,21,22)/t15-/m0/s1. The SMILES string of the molecule is Cc1cc(C(C)(C)C)cc(C)c1CN1CCC[C@H](C(=O)O)C1. The minimum atomic E-state index is -0.652. The number of hydrogen-bond donors (Lipinski definition) is 1. The average Bonchev–Trinajstić information content (AvgIpc) is 2.42. The van der Waals surface area contributed by atoms with Crippen molar-refractivity contribution in [1.29, 1.82) is 0 Å². The molecule has 0 amide bonds. The maximum atomic E-state index is 11.2. The summed E-state index contributed by atoms with van der Waals surface area (Å²) in [7, 11) is 0. The number of hydrogen-bond acceptors (Lipinski definition) is 2. The Morgan fingerprint density at radius 1 is 1.27 bits per heavy atom. The first-order chi connectivity index (χ1) is 10.2. The molecule has 1 fully saturated rings. The summed E-state index contributed by atoms with van der Waals surface area (Å²) in [6.45, 7) is 13.6. The molecule has 22 heavy (non-hydrogen) atoms. The zero-order valence-electron chi connectivity index (χ0n) is 14.6. The van der Waals surface area contributed by atoms with E-state index in [1.165, 1.54) is 22.3 Å². The highest BCUT2D eigenvalue weighted by Gasteiger charge is 2.26. The van der Waals surface area contributed by atoms with Gasteiger partial charge in [0.2, 0.25) is 0 Å². The summed E-state index contributed by atoms with van der Waals surface area (Å²) < 4.78 is 0. The van der Waals surface area contributed by atoms with Crippen molar-refractivity contribution in [3.63, 3.8) is 0 Å². The number of nitrogens with zero attached hydrogens (tertiary/aromatic N) is 1. The number of carbonyl (C=O) groups is 1. The Morgan fingerprint density at radius 2 is 1.86 bits per heavy atom. The first-order valence-corrected chi connectivity index (χ1v) is 8.24. The molecule has 2 rings (SSSR count). The number of rotatable bonds is 3. The molecule has 1 saturated heterocycles. The zero-order valence-corrected chi connectivity index (χ0v) is 14.6. The van der Waals surface area contributed by atoms with Gasteiger partial charge in [-0.15, -0.1) is 0 Å². The van der Waals surface area contributed by atoms with Gasteiger partial charge >= 0.3 is 5.97 Å². The lowest BCUT2D eigenvalue weighted by Crippen LogP contribution is -2.38. The van der Waals surface area contributed by atoms with E-state index >= 15 is 0 Å². The lowest BCUT2D eigenvalue weighted by Gasteiger charge is -2.32. The number of benzene rings is 1. The van der Waals surface area contributed by atoms with Gasteiger partial charge in [0.15, 0.2) is 0 Å². The molecule has 1 aliphatic heterocycles. The average molecular weight is 303 g/mol. The first kappa shape index (κ1) is 17.0. The quantitative estimate of drug-likeness (QED) is 0.920. The fourth-order valence-electron chi connectivity index (χ4n) is 3.30. The molecule has 0 bridgehead atoms. The van der Waals surface area contributed by atoms with E-state index in [0.29, 0.717) is 6.54 Å². The Morgan fingerprint density at radius 3 is 2.36 bits per heavy atom. The molecule has 122 valence electrons. The molecule has 0 aliphatic carbocycles. The highest BCUT2D eigenvalue weighted by atomic mass is 16.4. The third-order valence-corrected chi connectivity index (χ3v) is 4.80. The molecular weight excluding hydrogens is 274 g/mol. The molecule has 0 saturated carbocycles. The third kappa shape index (κ3) is 3.89. The number of carboxylic acid groups (broad SMARTS) is 1. The van der Waals surface area contributed by atoms with Crippen molar-refractivity contribution in [2.45, 2.75) is 59.4 Å². The van der Waals surface area contributed by atoms with E-state index in [1.54, 1.807) is 0 Å². The fraction of sp³-hybridized carbons (Fsp3) is 0.632. The Kier molecular flexibility index (Phi) is 4.96. The number of likely N-dealkylation sites (tertiary alicyclic amines) is 1. The van der Waals surface area contributed by atoms with Crippen LogP contribution in [-0.4, -0.2) is 29.1 Å². The van der Waals surface area contributed by atoms with Gasteiger partial charge < -0.3 is 5.11 Å². The number of piperidine rings is 1. The summed E-state index contributed by atoms with van der Waals surface area (Å²) in [6, 6.07) is 4.59. The second kappa shape index (κ2) is 6.41. The molecule has 0 unspecified atom stereocenters. The molecule has 1 aliphatic rings. The molecule has 0 aromatic heterocycles. The smallest absolute Gasteiger partial charge is 0.307 e. The predicted molar refractivity (Wildman–Crippen MR) is 90.3 cm³/mol. The van der Waals surface area contributed by atoms with Crippen LogP contribution in [-0.2, 0) is 16.8 Å². The molecule has 1 heterocycles. The highest BCUT2D eigenvalue weighted by Crippen LogP contribution is 2.28. The molecular formula is C19H29NO2. The molecule has 3 heteroatoms. The van der Waals surface area contributed by atoms with E-state index in [2.05, 4.69) is 51.7 Å². The van der Waals surface area contributed by atoms with Crippen molar-refractivity contribution < 1.29 is 9.90 Å². The number of carboxylic acids is 1. The maximum absolute atomic E-state index is 11.2. The monoisotopic (exact) mass is 303 g/mol. The van der Waals surface area contributed by atoms with Crippen molar-refractivity contribution in [3.05, 3.63) is 34.4 Å².